The highest BCUT2D eigenvalue weighted by Gasteiger charge is 2.18. The Bertz CT molecular complexity index is 1150. The fraction of sp³-hybridized carbons (Fsp3) is 0.250. The van der Waals surface area contributed by atoms with E-state index in [4.69, 9.17) is 0 Å². The number of nitrogens with zero attached hydrogens (tertiary/aromatic N) is 3. The van der Waals surface area contributed by atoms with E-state index >= 15 is 0 Å². The number of hydrogen-bond acceptors (Lipinski definition) is 3. The third kappa shape index (κ3) is 5.86. The molecule has 0 heterocycles. The Morgan fingerprint density at radius 3 is 1.23 bits per heavy atom. The van der Waals surface area contributed by atoms with Gasteiger partial charge in [-0.05, 0) is 65.6 Å². The zero-order valence-electron chi connectivity index (χ0n) is 21.9. The fourth-order valence-corrected chi connectivity index (χ4v) is 4.49. The maximum absolute atomic E-state index is 2.31. The van der Waals surface area contributed by atoms with Crippen molar-refractivity contribution in [2.24, 2.45) is 0 Å². The molecule has 3 nitrogen and oxygen atoms in total. The molecule has 0 saturated carbocycles. The standard InChI is InChI=1S/C32H37N3/c1-24-7-9-25(10-8-24)23-35(6)31-21-15-28(16-22-31)32(26-11-17-29(18-12-26)33(2)3)27-13-19-30(20-14-27)34(4)5/h7-22,32H,23H2,1-6H3. The van der Waals surface area contributed by atoms with Crippen LogP contribution in [0.25, 0.3) is 0 Å². The summed E-state index contributed by atoms with van der Waals surface area (Å²) in [6.07, 6.45) is 0. The molecular weight excluding hydrogens is 426 g/mol. The molecule has 0 radical (unpaired) electrons. The van der Waals surface area contributed by atoms with Crippen LogP contribution in [0.5, 0.6) is 0 Å². The highest BCUT2D eigenvalue weighted by molar-refractivity contribution is 5.55. The van der Waals surface area contributed by atoms with E-state index in [9.17, 15) is 0 Å². The molecule has 180 valence electrons. The summed E-state index contributed by atoms with van der Waals surface area (Å²) in [5.74, 6) is 0.180. The Balaban J connectivity index is 1.64. The van der Waals surface area contributed by atoms with E-state index in [0.717, 1.165) is 6.54 Å². The van der Waals surface area contributed by atoms with Gasteiger partial charge in [0, 0.05) is 64.8 Å². The zero-order chi connectivity index (χ0) is 24.9. The summed E-state index contributed by atoms with van der Waals surface area (Å²) in [4.78, 5) is 6.59. The quantitative estimate of drug-likeness (QED) is 0.262. The first-order chi connectivity index (χ1) is 16.8. The lowest BCUT2D eigenvalue weighted by Crippen LogP contribution is -2.16. The van der Waals surface area contributed by atoms with Crippen molar-refractivity contribution >= 4 is 17.1 Å². The molecule has 0 aliphatic heterocycles. The minimum Gasteiger partial charge on any atom is -0.378 e. The van der Waals surface area contributed by atoms with Crippen LogP contribution < -0.4 is 14.7 Å². The van der Waals surface area contributed by atoms with Crippen molar-refractivity contribution in [3.05, 3.63) is 125 Å². The van der Waals surface area contributed by atoms with Gasteiger partial charge in [0.2, 0.25) is 0 Å². The predicted octanol–water partition coefficient (Wildman–Crippen LogP) is 6.94. The SMILES string of the molecule is Cc1ccc(CN(C)c2ccc(C(c3ccc(N(C)C)cc3)c3ccc(N(C)C)cc3)cc2)cc1. The van der Waals surface area contributed by atoms with E-state index < -0.39 is 0 Å². The second-order valence-electron chi connectivity index (χ2n) is 9.84. The molecule has 0 amide bonds. The Morgan fingerprint density at radius 2 is 0.857 bits per heavy atom. The van der Waals surface area contributed by atoms with Gasteiger partial charge in [-0.25, -0.2) is 0 Å². The van der Waals surface area contributed by atoms with Crippen LogP contribution in [0.1, 0.15) is 33.7 Å². The van der Waals surface area contributed by atoms with Crippen molar-refractivity contribution in [3.8, 4) is 0 Å². The summed E-state index contributed by atoms with van der Waals surface area (Å²) < 4.78 is 0. The molecule has 3 heteroatoms. The van der Waals surface area contributed by atoms with E-state index in [2.05, 4.69) is 154 Å². The maximum atomic E-state index is 2.31. The summed E-state index contributed by atoms with van der Waals surface area (Å²) in [5, 5.41) is 0. The van der Waals surface area contributed by atoms with Gasteiger partial charge < -0.3 is 14.7 Å². The number of hydrogen-bond donors (Lipinski definition) is 0. The summed E-state index contributed by atoms with van der Waals surface area (Å²) in [6.45, 7) is 3.02. The first-order valence-corrected chi connectivity index (χ1v) is 12.2. The Hall–Kier alpha value is -3.72. The molecule has 0 aliphatic carbocycles. The molecule has 0 fully saturated rings. The van der Waals surface area contributed by atoms with Crippen LogP contribution in [0.4, 0.5) is 17.1 Å². The normalized spacial score (nSPS) is 10.9. The highest BCUT2D eigenvalue weighted by Crippen LogP contribution is 2.34. The summed E-state index contributed by atoms with van der Waals surface area (Å²) in [5.41, 5.74) is 10.2. The smallest absolute Gasteiger partial charge is 0.0426 e. The molecule has 0 bridgehead atoms. The molecule has 4 aromatic rings. The Kier molecular flexibility index (Phi) is 7.45. The number of benzene rings is 4. The number of aryl methyl sites for hydroxylation is 1. The van der Waals surface area contributed by atoms with Crippen molar-refractivity contribution in [2.45, 2.75) is 19.4 Å². The molecule has 0 spiro atoms. The largest absolute Gasteiger partial charge is 0.378 e. The van der Waals surface area contributed by atoms with Gasteiger partial charge in [0.05, 0.1) is 0 Å². The van der Waals surface area contributed by atoms with Crippen LogP contribution in [0.15, 0.2) is 97.1 Å². The van der Waals surface area contributed by atoms with Crippen molar-refractivity contribution in [3.63, 3.8) is 0 Å². The third-order valence-corrected chi connectivity index (χ3v) is 6.69. The predicted molar refractivity (Wildman–Crippen MR) is 152 cm³/mol. The lowest BCUT2D eigenvalue weighted by Gasteiger charge is -2.23. The third-order valence-electron chi connectivity index (χ3n) is 6.69. The molecular formula is C32H37N3. The maximum Gasteiger partial charge on any atom is 0.0426 e. The van der Waals surface area contributed by atoms with Gasteiger partial charge >= 0.3 is 0 Å². The molecule has 0 saturated heterocycles. The lowest BCUT2D eigenvalue weighted by molar-refractivity contribution is 0.917. The second-order valence-corrected chi connectivity index (χ2v) is 9.84. The summed E-state index contributed by atoms with van der Waals surface area (Å²) in [6, 6.07) is 35.7. The molecule has 0 aliphatic rings. The first kappa shape index (κ1) is 24.4. The Morgan fingerprint density at radius 1 is 0.486 bits per heavy atom. The minimum atomic E-state index is 0.180. The molecule has 0 atom stereocenters. The van der Waals surface area contributed by atoms with Crippen LogP contribution in [-0.4, -0.2) is 35.2 Å². The second kappa shape index (κ2) is 10.7. The average molecular weight is 464 g/mol. The molecule has 4 rings (SSSR count). The lowest BCUT2D eigenvalue weighted by atomic mass is 9.85. The van der Waals surface area contributed by atoms with Gasteiger partial charge in [-0.15, -0.1) is 0 Å². The van der Waals surface area contributed by atoms with E-state index in [1.807, 2.05) is 0 Å². The van der Waals surface area contributed by atoms with Gasteiger partial charge in [-0.2, -0.15) is 0 Å². The van der Waals surface area contributed by atoms with Gasteiger partial charge in [-0.3, -0.25) is 0 Å². The van der Waals surface area contributed by atoms with Gasteiger partial charge in [-0.1, -0.05) is 66.2 Å². The summed E-state index contributed by atoms with van der Waals surface area (Å²) >= 11 is 0. The highest BCUT2D eigenvalue weighted by atomic mass is 15.1. The monoisotopic (exact) mass is 463 g/mol. The Labute approximate surface area is 211 Å². The van der Waals surface area contributed by atoms with E-state index in [1.165, 1.54) is 44.9 Å². The molecule has 0 aromatic heterocycles. The van der Waals surface area contributed by atoms with Crippen molar-refractivity contribution in [1.29, 1.82) is 0 Å². The van der Waals surface area contributed by atoms with Crippen molar-refractivity contribution in [1.82, 2.24) is 0 Å². The number of anilines is 3. The average Bonchev–Trinajstić information content (AvgIpc) is 2.86. The minimum absolute atomic E-state index is 0.180. The van der Waals surface area contributed by atoms with Crippen molar-refractivity contribution in [2.75, 3.05) is 49.9 Å². The molecule has 35 heavy (non-hydrogen) atoms. The van der Waals surface area contributed by atoms with E-state index in [0.29, 0.717) is 0 Å². The van der Waals surface area contributed by atoms with Crippen LogP contribution in [0.3, 0.4) is 0 Å². The molecule has 0 unspecified atom stereocenters. The molecule has 4 aromatic carbocycles. The van der Waals surface area contributed by atoms with Crippen LogP contribution in [0.2, 0.25) is 0 Å². The zero-order valence-corrected chi connectivity index (χ0v) is 21.9. The van der Waals surface area contributed by atoms with Crippen LogP contribution >= 0.6 is 0 Å². The van der Waals surface area contributed by atoms with Gasteiger partial charge in [0.1, 0.15) is 0 Å². The van der Waals surface area contributed by atoms with E-state index in [1.54, 1.807) is 0 Å². The topological polar surface area (TPSA) is 9.72 Å². The van der Waals surface area contributed by atoms with Crippen LogP contribution in [0, 0.1) is 6.92 Å². The van der Waals surface area contributed by atoms with Gasteiger partial charge in [0.25, 0.3) is 0 Å². The fourth-order valence-electron chi connectivity index (χ4n) is 4.49. The molecule has 0 N–H and O–H groups in total. The number of rotatable bonds is 8. The van der Waals surface area contributed by atoms with E-state index in [-0.39, 0.29) is 5.92 Å². The van der Waals surface area contributed by atoms with Gasteiger partial charge in [0.15, 0.2) is 0 Å². The summed E-state index contributed by atoms with van der Waals surface area (Å²) in [7, 11) is 10.5. The van der Waals surface area contributed by atoms with Crippen molar-refractivity contribution < 1.29 is 0 Å². The van der Waals surface area contributed by atoms with Crippen LogP contribution in [-0.2, 0) is 6.54 Å². The first-order valence-electron chi connectivity index (χ1n) is 12.2.